The lowest BCUT2D eigenvalue weighted by atomic mass is 9.94. The highest BCUT2D eigenvalue weighted by atomic mass is 16.5. The molecule has 1 fully saturated rings. The summed E-state index contributed by atoms with van der Waals surface area (Å²) in [6.45, 7) is 5.34. The largest absolute Gasteiger partial charge is 0.381 e. The maximum atomic E-state index is 11.2. The molecule has 0 atom stereocenters. The van der Waals surface area contributed by atoms with Crippen LogP contribution in [0.25, 0.3) is 0 Å². The van der Waals surface area contributed by atoms with Gasteiger partial charge in [0.2, 0.25) is 5.91 Å². The molecule has 20 heavy (non-hydrogen) atoms. The van der Waals surface area contributed by atoms with E-state index in [0.717, 1.165) is 31.7 Å². The predicted octanol–water partition coefficient (Wildman–Crippen LogP) is 0.236. The summed E-state index contributed by atoms with van der Waals surface area (Å²) in [5.74, 6) is -0.0510. The first-order valence-electron chi connectivity index (χ1n) is 7.08. The van der Waals surface area contributed by atoms with Gasteiger partial charge in [-0.1, -0.05) is 5.21 Å². The molecular weight excluding hydrogens is 260 g/mol. The molecule has 1 saturated heterocycles. The van der Waals surface area contributed by atoms with Gasteiger partial charge in [-0.15, -0.1) is 5.10 Å². The summed E-state index contributed by atoms with van der Waals surface area (Å²) in [5.41, 5.74) is 7.00. The number of hydrogen-bond acceptors (Lipinski definition) is 5. The number of carbonyl (C=O) groups is 1. The molecule has 112 valence electrons. The van der Waals surface area contributed by atoms with Crippen LogP contribution in [0, 0.1) is 0 Å². The minimum absolute atomic E-state index is 0.140. The molecule has 7 nitrogen and oxygen atoms in total. The van der Waals surface area contributed by atoms with Crippen LogP contribution in [0.4, 0.5) is 0 Å². The van der Waals surface area contributed by atoms with Gasteiger partial charge >= 0.3 is 0 Å². The van der Waals surface area contributed by atoms with Crippen molar-refractivity contribution in [1.82, 2.24) is 15.0 Å². The Hall–Kier alpha value is -1.47. The number of aromatic nitrogens is 3. The highest BCUT2D eigenvalue weighted by Gasteiger charge is 2.25. The van der Waals surface area contributed by atoms with Gasteiger partial charge in [-0.05, 0) is 19.8 Å². The lowest BCUT2D eigenvalue weighted by Gasteiger charge is -2.23. The van der Waals surface area contributed by atoms with Crippen molar-refractivity contribution in [3.8, 4) is 0 Å². The van der Waals surface area contributed by atoms with Gasteiger partial charge < -0.3 is 15.2 Å². The molecule has 0 bridgehead atoms. The van der Waals surface area contributed by atoms with Crippen molar-refractivity contribution in [2.24, 2.45) is 5.73 Å². The molecule has 0 radical (unpaired) electrons. The van der Waals surface area contributed by atoms with Gasteiger partial charge in [0, 0.05) is 25.7 Å². The summed E-state index contributed by atoms with van der Waals surface area (Å²) in [5, 5.41) is 8.28. The van der Waals surface area contributed by atoms with Crippen molar-refractivity contribution in [2.45, 2.75) is 38.6 Å². The number of nitrogens with two attached hydrogens (primary N) is 1. The van der Waals surface area contributed by atoms with Crippen molar-refractivity contribution >= 4 is 5.91 Å². The Morgan fingerprint density at radius 2 is 2.25 bits per heavy atom. The zero-order valence-electron chi connectivity index (χ0n) is 11.9. The van der Waals surface area contributed by atoms with Crippen LogP contribution in [0.3, 0.4) is 0 Å². The van der Waals surface area contributed by atoms with E-state index >= 15 is 0 Å². The SMILES string of the molecule is CCOCCn1nnc(CC(N)=O)c1C1CCOCC1. The summed E-state index contributed by atoms with van der Waals surface area (Å²) in [6, 6.07) is 0. The van der Waals surface area contributed by atoms with Gasteiger partial charge in [0.1, 0.15) is 0 Å². The first kappa shape index (κ1) is 14.9. The minimum Gasteiger partial charge on any atom is -0.381 e. The molecule has 2 heterocycles. The summed E-state index contributed by atoms with van der Waals surface area (Å²) in [7, 11) is 0. The Balaban J connectivity index is 2.17. The van der Waals surface area contributed by atoms with Crippen molar-refractivity contribution in [2.75, 3.05) is 26.4 Å². The second-order valence-electron chi connectivity index (χ2n) is 4.87. The van der Waals surface area contributed by atoms with E-state index in [1.807, 2.05) is 11.6 Å². The van der Waals surface area contributed by atoms with E-state index in [2.05, 4.69) is 10.3 Å². The first-order chi connectivity index (χ1) is 9.72. The first-order valence-corrected chi connectivity index (χ1v) is 7.08. The number of ether oxygens (including phenoxy) is 2. The standard InChI is InChI=1S/C13H22N4O3/c1-2-19-8-5-17-13(10-3-6-20-7-4-10)11(15-16-17)9-12(14)18/h10H,2-9H2,1H3,(H2,14,18). The Bertz CT molecular complexity index is 441. The van der Waals surface area contributed by atoms with Crippen LogP contribution in [0.1, 0.15) is 37.1 Å². The fourth-order valence-corrected chi connectivity index (χ4v) is 2.53. The molecule has 0 aromatic carbocycles. The Morgan fingerprint density at radius 1 is 1.50 bits per heavy atom. The van der Waals surface area contributed by atoms with Crippen molar-refractivity contribution < 1.29 is 14.3 Å². The van der Waals surface area contributed by atoms with Gasteiger partial charge in [0.05, 0.1) is 31.0 Å². The lowest BCUT2D eigenvalue weighted by Crippen LogP contribution is -2.22. The Kier molecular flexibility index (Phi) is 5.49. The Labute approximate surface area is 118 Å². The molecule has 1 aliphatic heterocycles. The quantitative estimate of drug-likeness (QED) is 0.723. The molecule has 2 rings (SSSR count). The maximum absolute atomic E-state index is 11.2. The molecule has 0 spiro atoms. The topological polar surface area (TPSA) is 92.3 Å². The van der Waals surface area contributed by atoms with Crippen LogP contribution in [-0.4, -0.2) is 47.3 Å². The van der Waals surface area contributed by atoms with Gasteiger partial charge in [-0.3, -0.25) is 4.79 Å². The average Bonchev–Trinajstić information content (AvgIpc) is 2.82. The van der Waals surface area contributed by atoms with E-state index in [0.29, 0.717) is 31.4 Å². The summed E-state index contributed by atoms with van der Waals surface area (Å²) >= 11 is 0. The lowest BCUT2D eigenvalue weighted by molar-refractivity contribution is -0.117. The molecule has 0 saturated carbocycles. The second kappa shape index (κ2) is 7.35. The van der Waals surface area contributed by atoms with Crippen molar-refractivity contribution in [3.63, 3.8) is 0 Å². The highest BCUT2D eigenvalue weighted by molar-refractivity contribution is 5.76. The zero-order chi connectivity index (χ0) is 14.4. The van der Waals surface area contributed by atoms with Crippen LogP contribution in [-0.2, 0) is 27.2 Å². The fourth-order valence-electron chi connectivity index (χ4n) is 2.53. The summed E-state index contributed by atoms with van der Waals surface area (Å²) < 4.78 is 12.6. The van der Waals surface area contributed by atoms with Crippen LogP contribution >= 0.6 is 0 Å². The number of primary amides is 1. The molecule has 2 N–H and O–H groups in total. The third-order valence-corrected chi connectivity index (χ3v) is 3.45. The van der Waals surface area contributed by atoms with E-state index in [9.17, 15) is 4.79 Å². The monoisotopic (exact) mass is 282 g/mol. The second-order valence-corrected chi connectivity index (χ2v) is 4.87. The van der Waals surface area contributed by atoms with Crippen molar-refractivity contribution in [3.05, 3.63) is 11.4 Å². The van der Waals surface area contributed by atoms with E-state index in [1.165, 1.54) is 0 Å². The maximum Gasteiger partial charge on any atom is 0.223 e. The number of carbonyl (C=O) groups excluding carboxylic acids is 1. The van der Waals surface area contributed by atoms with E-state index < -0.39 is 0 Å². The molecule has 1 aliphatic rings. The normalized spacial score (nSPS) is 16.4. The molecule has 0 unspecified atom stereocenters. The third-order valence-electron chi connectivity index (χ3n) is 3.45. The highest BCUT2D eigenvalue weighted by Crippen LogP contribution is 2.28. The molecule has 1 aromatic heterocycles. The average molecular weight is 282 g/mol. The Morgan fingerprint density at radius 3 is 2.90 bits per heavy atom. The zero-order valence-corrected chi connectivity index (χ0v) is 11.9. The number of nitrogens with zero attached hydrogens (tertiary/aromatic N) is 3. The summed E-state index contributed by atoms with van der Waals surface area (Å²) in [6.07, 6.45) is 1.99. The fraction of sp³-hybridized carbons (Fsp3) is 0.769. The van der Waals surface area contributed by atoms with E-state index in [1.54, 1.807) is 0 Å². The van der Waals surface area contributed by atoms with Crippen LogP contribution in [0.2, 0.25) is 0 Å². The van der Waals surface area contributed by atoms with Crippen molar-refractivity contribution in [1.29, 1.82) is 0 Å². The van der Waals surface area contributed by atoms with Crippen LogP contribution < -0.4 is 5.73 Å². The molecule has 7 heteroatoms. The van der Waals surface area contributed by atoms with Crippen LogP contribution in [0.15, 0.2) is 0 Å². The number of rotatable bonds is 7. The molecule has 1 aromatic rings. The van der Waals surface area contributed by atoms with Crippen LogP contribution in [0.5, 0.6) is 0 Å². The minimum atomic E-state index is -0.379. The van der Waals surface area contributed by atoms with Gasteiger partial charge in [-0.2, -0.15) is 0 Å². The summed E-state index contributed by atoms with van der Waals surface area (Å²) in [4.78, 5) is 11.2. The van der Waals surface area contributed by atoms with Gasteiger partial charge in [0.15, 0.2) is 0 Å². The number of hydrogen-bond donors (Lipinski definition) is 1. The molecule has 1 amide bonds. The molecular formula is C13H22N4O3. The van der Waals surface area contributed by atoms with Gasteiger partial charge in [-0.25, -0.2) is 4.68 Å². The van der Waals surface area contributed by atoms with E-state index in [4.69, 9.17) is 15.2 Å². The predicted molar refractivity (Wildman–Crippen MR) is 72.2 cm³/mol. The third kappa shape index (κ3) is 3.77. The van der Waals surface area contributed by atoms with Gasteiger partial charge in [0.25, 0.3) is 0 Å². The smallest absolute Gasteiger partial charge is 0.223 e. The molecule has 0 aliphatic carbocycles. The number of amides is 1. The van der Waals surface area contributed by atoms with E-state index in [-0.39, 0.29) is 12.3 Å².